The monoisotopic (exact) mass is 279 g/mol. The molecule has 0 saturated heterocycles. The second kappa shape index (κ2) is 7.87. The van der Waals surface area contributed by atoms with E-state index in [0.717, 1.165) is 11.3 Å². The summed E-state index contributed by atoms with van der Waals surface area (Å²) in [5.41, 5.74) is 7.78. The van der Waals surface area contributed by atoms with Gasteiger partial charge < -0.3 is 20.3 Å². The predicted octanol–water partition coefficient (Wildman–Crippen LogP) is 1.07. The van der Waals surface area contributed by atoms with E-state index in [-0.39, 0.29) is 12.5 Å². The molecule has 0 bridgehead atoms. The lowest BCUT2D eigenvalue weighted by molar-refractivity contribution is -0.141. The Morgan fingerprint density at radius 3 is 2.30 bits per heavy atom. The number of ether oxygens (including phenoxy) is 1. The zero-order valence-electron chi connectivity index (χ0n) is 12.8. The van der Waals surface area contributed by atoms with Crippen LogP contribution >= 0.6 is 0 Å². The van der Waals surface area contributed by atoms with E-state index in [9.17, 15) is 4.79 Å². The van der Waals surface area contributed by atoms with Crippen LogP contribution in [-0.4, -0.2) is 51.2 Å². The quantitative estimate of drug-likeness (QED) is 0.811. The van der Waals surface area contributed by atoms with Crippen LogP contribution in [0.25, 0.3) is 0 Å². The second-order valence-electron chi connectivity index (χ2n) is 4.87. The van der Waals surface area contributed by atoms with Crippen LogP contribution in [0.1, 0.15) is 12.5 Å². The molecule has 1 aromatic carbocycles. The van der Waals surface area contributed by atoms with Gasteiger partial charge in [0.1, 0.15) is 6.10 Å². The zero-order valence-corrected chi connectivity index (χ0v) is 12.8. The van der Waals surface area contributed by atoms with Crippen LogP contribution in [0.5, 0.6) is 0 Å². The highest BCUT2D eigenvalue weighted by Crippen LogP contribution is 2.14. The number of hydrogen-bond donors (Lipinski definition) is 1. The van der Waals surface area contributed by atoms with Crippen molar-refractivity contribution < 1.29 is 9.53 Å². The van der Waals surface area contributed by atoms with Crippen LogP contribution in [0.15, 0.2) is 24.3 Å². The smallest absolute Gasteiger partial charge is 0.253 e. The molecular formula is C15H25N3O2. The first-order chi connectivity index (χ1) is 9.53. The van der Waals surface area contributed by atoms with Crippen LogP contribution in [0.2, 0.25) is 0 Å². The minimum absolute atomic E-state index is 0.0609. The minimum Gasteiger partial charge on any atom is -0.378 e. The summed E-state index contributed by atoms with van der Waals surface area (Å²) in [7, 11) is 5.51. The highest BCUT2D eigenvalue weighted by molar-refractivity contribution is 5.81. The minimum atomic E-state index is -0.559. The predicted molar refractivity (Wildman–Crippen MR) is 81.7 cm³/mol. The van der Waals surface area contributed by atoms with Crippen molar-refractivity contribution in [3.63, 3.8) is 0 Å². The number of methoxy groups -OCH3 is 1. The Morgan fingerprint density at radius 1 is 1.30 bits per heavy atom. The van der Waals surface area contributed by atoms with Crippen LogP contribution in [0.3, 0.4) is 0 Å². The number of amides is 1. The third kappa shape index (κ3) is 4.21. The molecule has 0 saturated carbocycles. The highest BCUT2D eigenvalue weighted by atomic mass is 16.5. The van der Waals surface area contributed by atoms with Crippen molar-refractivity contribution in [3.05, 3.63) is 29.8 Å². The summed E-state index contributed by atoms with van der Waals surface area (Å²) in [5, 5.41) is 0. The highest BCUT2D eigenvalue weighted by Gasteiger charge is 2.21. The normalized spacial score (nSPS) is 12.1. The number of likely N-dealkylation sites (N-methyl/N-ethyl adjacent to an activating group) is 1. The lowest BCUT2D eigenvalue weighted by Gasteiger charge is -2.25. The number of carbonyl (C=O) groups is 1. The molecule has 1 unspecified atom stereocenters. The molecule has 0 spiro atoms. The molecule has 0 radical (unpaired) electrons. The van der Waals surface area contributed by atoms with Crippen molar-refractivity contribution in [1.29, 1.82) is 0 Å². The lowest BCUT2D eigenvalue weighted by Crippen LogP contribution is -2.43. The Hall–Kier alpha value is -1.59. The topological polar surface area (TPSA) is 58.8 Å². The maximum atomic E-state index is 12.2. The molecule has 0 heterocycles. The van der Waals surface area contributed by atoms with Crippen molar-refractivity contribution in [2.24, 2.45) is 5.73 Å². The molecule has 0 aliphatic carbocycles. The molecule has 2 N–H and O–H groups in total. The molecule has 5 heteroatoms. The molecule has 5 nitrogen and oxygen atoms in total. The van der Waals surface area contributed by atoms with E-state index in [1.807, 2.05) is 50.2 Å². The molecule has 1 atom stereocenters. The number of carbonyl (C=O) groups excluding carboxylic acids is 1. The van der Waals surface area contributed by atoms with Gasteiger partial charge in [-0.3, -0.25) is 4.79 Å². The number of benzene rings is 1. The molecular weight excluding hydrogens is 254 g/mol. The maximum absolute atomic E-state index is 12.2. The fraction of sp³-hybridized carbons (Fsp3) is 0.533. The average molecular weight is 279 g/mol. The molecule has 1 amide bonds. The van der Waals surface area contributed by atoms with E-state index in [0.29, 0.717) is 13.1 Å². The van der Waals surface area contributed by atoms with E-state index in [2.05, 4.69) is 0 Å². The summed E-state index contributed by atoms with van der Waals surface area (Å²) >= 11 is 0. The fourth-order valence-corrected chi connectivity index (χ4v) is 1.97. The first kappa shape index (κ1) is 16.5. The van der Waals surface area contributed by atoms with Gasteiger partial charge in [-0.15, -0.1) is 0 Å². The SMILES string of the molecule is CCN(Cc1ccc(N(C)C)cc1)C(=O)C(CN)OC. The molecule has 1 rings (SSSR count). The summed E-state index contributed by atoms with van der Waals surface area (Å²) in [6, 6.07) is 8.17. The molecule has 0 fully saturated rings. The van der Waals surface area contributed by atoms with Gasteiger partial charge in [0.2, 0.25) is 0 Å². The summed E-state index contributed by atoms with van der Waals surface area (Å²) in [6.07, 6.45) is -0.559. The Labute approximate surface area is 121 Å². The fourth-order valence-electron chi connectivity index (χ4n) is 1.97. The van der Waals surface area contributed by atoms with E-state index < -0.39 is 6.10 Å². The molecule has 0 aliphatic rings. The molecule has 0 aliphatic heterocycles. The largest absolute Gasteiger partial charge is 0.378 e. The van der Waals surface area contributed by atoms with Crippen LogP contribution in [-0.2, 0) is 16.1 Å². The van der Waals surface area contributed by atoms with Crippen LogP contribution < -0.4 is 10.6 Å². The summed E-state index contributed by atoms with van der Waals surface area (Å²) in [6.45, 7) is 3.36. The maximum Gasteiger partial charge on any atom is 0.253 e. The summed E-state index contributed by atoms with van der Waals surface area (Å²) in [5.74, 6) is -0.0609. The third-order valence-corrected chi connectivity index (χ3v) is 3.29. The van der Waals surface area contributed by atoms with Gasteiger partial charge in [-0.05, 0) is 24.6 Å². The van der Waals surface area contributed by atoms with E-state index in [1.165, 1.54) is 7.11 Å². The van der Waals surface area contributed by atoms with E-state index >= 15 is 0 Å². The summed E-state index contributed by atoms with van der Waals surface area (Å²) in [4.78, 5) is 16.0. The van der Waals surface area contributed by atoms with Gasteiger partial charge in [-0.2, -0.15) is 0 Å². The third-order valence-electron chi connectivity index (χ3n) is 3.29. The number of hydrogen-bond acceptors (Lipinski definition) is 4. The standard InChI is InChI=1S/C15H25N3O2/c1-5-18(15(19)14(10-16)20-4)11-12-6-8-13(9-7-12)17(2)3/h6-9,14H,5,10-11,16H2,1-4H3. The van der Waals surface area contributed by atoms with Crippen molar-refractivity contribution in [1.82, 2.24) is 4.90 Å². The van der Waals surface area contributed by atoms with Gasteiger partial charge in [0, 0.05) is 46.5 Å². The van der Waals surface area contributed by atoms with Crippen molar-refractivity contribution >= 4 is 11.6 Å². The van der Waals surface area contributed by atoms with Gasteiger partial charge in [-0.25, -0.2) is 0 Å². The first-order valence-electron chi connectivity index (χ1n) is 6.81. The van der Waals surface area contributed by atoms with E-state index in [4.69, 9.17) is 10.5 Å². The zero-order chi connectivity index (χ0) is 15.1. The van der Waals surface area contributed by atoms with E-state index in [1.54, 1.807) is 4.90 Å². The van der Waals surface area contributed by atoms with Crippen LogP contribution in [0, 0.1) is 0 Å². The van der Waals surface area contributed by atoms with Crippen molar-refractivity contribution in [3.8, 4) is 0 Å². The van der Waals surface area contributed by atoms with Gasteiger partial charge in [0.25, 0.3) is 5.91 Å². The van der Waals surface area contributed by atoms with Gasteiger partial charge in [0.05, 0.1) is 0 Å². The lowest BCUT2D eigenvalue weighted by atomic mass is 10.1. The number of rotatable bonds is 7. The Kier molecular flexibility index (Phi) is 6.48. The number of nitrogens with zero attached hydrogens (tertiary/aromatic N) is 2. The van der Waals surface area contributed by atoms with Gasteiger partial charge >= 0.3 is 0 Å². The Morgan fingerprint density at radius 2 is 1.90 bits per heavy atom. The Balaban J connectivity index is 2.75. The molecule has 20 heavy (non-hydrogen) atoms. The molecule has 112 valence electrons. The Bertz CT molecular complexity index is 414. The van der Waals surface area contributed by atoms with Crippen molar-refractivity contribution in [2.75, 3.05) is 39.2 Å². The summed E-state index contributed by atoms with van der Waals surface area (Å²) < 4.78 is 5.11. The van der Waals surface area contributed by atoms with Gasteiger partial charge in [0.15, 0.2) is 0 Å². The van der Waals surface area contributed by atoms with Crippen LogP contribution in [0.4, 0.5) is 5.69 Å². The first-order valence-corrected chi connectivity index (χ1v) is 6.81. The second-order valence-corrected chi connectivity index (χ2v) is 4.87. The number of anilines is 1. The molecule has 1 aromatic rings. The average Bonchev–Trinajstić information content (AvgIpc) is 2.46. The number of nitrogens with two attached hydrogens (primary N) is 1. The van der Waals surface area contributed by atoms with Crippen molar-refractivity contribution in [2.45, 2.75) is 19.6 Å². The molecule has 0 aromatic heterocycles. The van der Waals surface area contributed by atoms with Gasteiger partial charge in [-0.1, -0.05) is 12.1 Å².